The molecular weight excluding hydrogens is 464 g/mol. The summed E-state index contributed by atoms with van der Waals surface area (Å²) in [7, 11) is 1.64. The van der Waals surface area contributed by atoms with Crippen molar-refractivity contribution in [2.45, 2.75) is 65.0 Å². The Balaban J connectivity index is 1.58. The third kappa shape index (κ3) is 4.54. The maximum absolute atomic E-state index is 12.6. The van der Waals surface area contributed by atoms with Crippen molar-refractivity contribution in [1.82, 2.24) is 19.9 Å². The first-order valence-corrected chi connectivity index (χ1v) is 12.7. The van der Waals surface area contributed by atoms with Crippen LogP contribution in [0.15, 0.2) is 54.6 Å². The first kappa shape index (κ1) is 24.8. The Morgan fingerprint density at radius 3 is 2.22 bits per heavy atom. The maximum atomic E-state index is 12.6. The zero-order valence-electron chi connectivity index (χ0n) is 22.4. The summed E-state index contributed by atoms with van der Waals surface area (Å²) in [5.74, 6) is 0.585. The van der Waals surface area contributed by atoms with Crippen molar-refractivity contribution in [3.8, 4) is 28.4 Å². The summed E-state index contributed by atoms with van der Waals surface area (Å²) < 4.78 is 13.0. The van der Waals surface area contributed by atoms with Crippen molar-refractivity contribution in [2.75, 3.05) is 7.11 Å². The van der Waals surface area contributed by atoms with E-state index in [4.69, 9.17) is 19.6 Å². The van der Waals surface area contributed by atoms with Gasteiger partial charge in [0.25, 0.3) is 0 Å². The van der Waals surface area contributed by atoms with Gasteiger partial charge in [-0.1, -0.05) is 54.6 Å². The molecule has 192 valence electrons. The number of carbonyl (C=O) groups is 1. The smallest absolute Gasteiger partial charge is 0.408 e. The minimum atomic E-state index is -0.539. The Morgan fingerprint density at radius 2 is 1.65 bits per heavy atom. The molecule has 37 heavy (non-hydrogen) atoms. The van der Waals surface area contributed by atoms with Gasteiger partial charge in [-0.15, -0.1) is 5.10 Å². The molecule has 1 aliphatic carbocycles. The fourth-order valence-electron chi connectivity index (χ4n) is 4.96. The van der Waals surface area contributed by atoms with E-state index in [0.717, 1.165) is 64.1 Å². The molecule has 2 aromatic heterocycles. The Kier molecular flexibility index (Phi) is 6.18. The lowest BCUT2D eigenvalue weighted by atomic mass is 9.71. The second-order valence-electron chi connectivity index (χ2n) is 10.8. The van der Waals surface area contributed by atoms with E-state index >= 15 is 0 Å². The van der Waals surface area contributed by atoms with Gasteiger partial charge in [0.1, 0.15) is 11.3 Å². The second-order valence-corrected chi connectivity index (χ2v) is 10.8. The van der Waals surface area contributed by atoms with Gasteiger partial charge in [-0.25, -0.2) is 14.3 Å². The number of hydrogen-bond acceptors (Lipinski definition) is 5. The zero-order chi connectivity index (χ0) is 26.4. The lowest BCUT2D eigenvalue weighted by Crippen LogP contribution is -2.52. The monoisotopic (exact) mass is 498 g/mol. The van der Waals surface area contributed by atoms with Crippen molar-refractivity contribution >= 4 is 11.7 Å². The number of nitrogens with zero attached hydrogens (tertiary/aromatic N) is 3. The number of aromatic nitrogens is 3. The topological polar surface area (TPSA) is 77.8 Å². The van der Waals surface area contributed by atoms with Crippen molar-refractivity contribution in [2.24, 2.45) is 0 Å². The number of aryl methyl sites for hydroxylation is 1. The van der Waals surface area contributed by atoms with Gasteiger partial charge < -0.3 is 14.8 Å². The highest BCUT2D eigenvalue weighted by molar-refractivity contribution is 5.82. The summed E-state index contributed by atoms with van der Waals surface area (Å²) in [4.78, 5) is 17.6. The largest absolute Gasteiger partial charge is 0.480 e. The molecular formula is C30H34N4O3. The number of benzene rings is 2. The van der Waals surface area contributed by atoms with Crippen LogP contribution >= 0.6 is 0 Å². The van der Waals surface area contributed by atoms with Crippen LogP contribution in [0.3, 0.4) is 0 Å². The number of ether oxygens (including phenoxy) is 2. The summed E-state index contributed by atoms with van der Waals surface area (Å²) >= 11 is 0. The number of rotatable bonds is 5. The quantitative estimate of drug-likeness (QED) is 0.336. The molecule has 0 atom stereocenters. The molecule has 1 amide bonds. The van der Waals surface area contributed by atoms with Crippen LogP contribution < -0.4 is 10.1 Å². The van der Waals surface area contributed by atoms with E-state index in [2.05, 4.69) is 41.7 Å². The third-order valence-electron chi connectivity index (χ3n) is 7.16. The molecule has 1 fully saturated rings. The SMILES string of the molecule is COc1nn2c(-c3ccccc3)c(-c3ccc(C4(NC(=O)OC(C)(C)C)CCC4)cc3)nc2c(C)c1C. The van der Waals surface area contributed by atoms with Crippen molar-refractivity contribution in [1.29, 1.82) is 0 Å². The van der Waals surface area contributed by atoms with Crippen molar-refractivity contribution in [3.63, 3.8) is 0 Å². The molecule has 0 saturated heterocycles. The summed E-state index contributed by atoms with van der Waals surface area (Å²) in [5.41, 5.74) is 6.71. The van der Waals surface area contributed by atoms with Crippen LogP contribution in [0.2, 0.25) is 0 Å². The van der Waals surface area contributed by atoms with Crippen LogP contribution in [-0.4, -0.2) is 33.4 Å². The summed E-state index contributed by atoms with van der Waals surface area (Å²) in [6.07, 6.45) is 2.46. The van der Waals surface area contributed by atoms with E-state index in [1.165, 1.54) is 0 Å². The first-order valence-electron chi connectivity index (χ1n) is 12.7. The molecule has 2 aromatic carbocycles. The Bertz CT molecular complexity index is 1450. The number of amides is 1. The molecule has 1 aliphatic rings. The van der Waals surface area contributed by atoms with E-state index in [1.54, 1.807) is 7.11 Å². The number of methoxy groups -OCH3 is 1. The summed E-state index contributed by atoms with van der Waals surface area (Å²) in [6.45, 7) is 9.68. The predicted octanol–water partition coefficient (Wildman–Crippen LogP) is 6.59. The molecule has 4 aromatic rings. The fraction of sp³-hybridized carbons (Fsp3) is 0.367. The van der Waals surface area contributed by atoms with Gasteiger partial charge in [0.05, 0.1) is 18.3 Å². The van der Waals surface area contributed by atoms with Gasteiger partial charge in [0.15, 0.2) is 5.65 Å². The number of imidazole rings is 1. The second kappa shape index (κ2) is 9.21. The van der Waals surface area contributed by atoms with Gasteiger partial charge in [-0.2, -0.15) is 0 Å². The number of alkyl carbamates (subject to hydrolysis) is 1. The summed E-state index contributed by atoms with van der Waals surface area (Å²) in [6, 6.07) is 18.5. The lowest BCUT2D eigenvalue weighted by molar-refractivity contribution is 0.0377. The standard InChI is InChI=1S/C30H34N4O3/c1-19-20(2)27(36-6)33-34-25(22-11-8-7-9-12-22)24(31-26(19)34)21-13-15-23(16-14-21)30(17-10-18-30)32-28(35)37-29(3,4)5/h7-9,11-16H,10,17-18H2,1-6H3,(H,32,35). The normalized spacial score (nSPS) is 14.8. The van der Waals surface area contributed by atoms with Crippen LogP contribution in [0.25, 0.3) is 28.2 Å². The van der Waals surface area contributed by atoms with E-state index in [1.807, 2.05) is 57.3 Å². The lowest BCUT2D eigenvalue weighted by Gasteiger charge is -2.43. The number of nitrogens with one attached hydrogen (secondary N) is 1. The van der Waals surface area contributed by atoms with Crippen LogP contribution in [0, 0.1) is 13.8 Å². The molecule has 1 N–H and O–H groups in total. The highest BCUT2D eigenvalue weighted by atomic mass is 16.6. The first-order chi connectivity index (χ1) is 17.6. The minimum Gasteiger partial charge on any atom is -0.480 e. The van der Waals surface area contributed by atoms with Crippen LogP contribution in [0.4, 0.5) is 4.79 Å². The molecule has 0 spiro atoms. The van der Waals surface area contributed by atoms with Crippen molar-refractivity contribution in [3.05, 3.63) is 71.3 Å². The highest BCUT2D eigenvalue weighted by Gasteiger charge is 2.41. The molecule has 0 aliphatic heterocycles. The molecule has 5 rings (SSSR count). The third-order valence-corrected chi connectivity index (χ3v) is 7.16. The molecule has 0 bridgehead atoms. The molecule has 0 unspecified atom stereocenters. The van der Waals surface area contributed by atoms with Gasteiger partial charge in [0.2, 0.25) is 5.88 Å². The van der Waals surface area contributed by atoms with E-state index in [-0.39, 0.29) is 6.09 Å². The summed E-state index contributed by atoms with van der Waals surface area (Å²) in [5, 5.41) is 7.93. The van der Waals surface area contributed by atoms with E-state index < -0.39 is 11.1 Å². The van der Waals surface area contributed by atoms with Gasteiger partial charge >= 0.3 is 6.09 Å². The predicted molar refractivity (Wildman–Crippen MR) is 145 cm³/mol. The van der Waals surface area contributed by atoms with E-state index in [0.29, 0.717) is 5.88 Å². The van der Waals surface area contributed by atoms with Gasteiger partial charge in [0, 0.05) is 22.3 Å². The highest BCUT2D eigenvalue weighted by Crippen LogP contribution is 2.43. The molecule has 0 radical (unpaired) electrons. The average Bonchev–Trinajstić information content (AvgIpc) is 3.23. The average molecular weight is 499 g/mol. The number of fused-ring (bicyclic) bond motifs is 1. The minimum absolute atomic E-state index is 0.381. The fourth-order valence-corrected chi connectivity index (χ4v) is 4.96. The van der Waals surface area contributed by atoms with Gasteiger partial charge in [-0.05, 0) is 59.4 Å². The van der Waals surface area contributed by atoms with Crippen LogP contribution in [0.1, 0.15) is 56.7 Å². The van der Waals surface area contributed by atoms with Crippen LogP contribution in [0.5, 0.6) is 5.88 Å². The van der Waals surface area contributed by atoms with E-state index in [9.17, 15) is 4.79 Å². The Morgan fingerprint density at radius 1 is 0.973 bits per heavy atom. The molecule has 1 saturated carbocycles. The number of carbonyl (C=O) groups excluding carboxylic acids is 1. The maximum Gasteiger partial charge on any atom is 0.408 e. The molecule has 7 heteroatoms. The van der Waals surface area contributed by atoms with Crippen LogP contribution in [-0.2, 0) is 10.3 Å². The van der Waals surface area contributed by atoms with Crippen molar-refractivity contribution < 1.29 is 14.3 Å². The Hall–Kier alpha value is -3.87. The Labute approximate surface area is 217 Å². The molecule has 7 nitrogen and oxygen atoms in total. The zero-order valence-corrected chi connectivity index (χ0v) is 22.4. The number of hydrogen-bond donors (Lipinski definition) is 1. The van der Waals surface area contributed by atoms with Gasteiger partial charge in [-0.3, -0.25) is 0 Å². The molecule has 2 heterocycles.